The average molecular weight is 367 g/mol. The molecule has 26 heavy (non-hydrogen) atoms. The van der Waals surface area contributed by atoms with E-state index in [4.69, 9.17) is 0 Å². The molecule has 150 valence electrons. The lowest BCUT2D eigenvalue weighted by atomic mass is 9.84. The van der Waals surface area contributed by atoms with Gasteiger partial charge in [0.05, 0.1) is 0 Å². The van der Waals surface area contributed by atoms with Crippen LogP contribution in [0.1, 0.15) is 90.2 Å². The Morgan fingerprint density at radius 1 is 0.538 bits per heavy atom. The molecule has 0 bridgehead atoms. The van der Waals surface area contributed by atoms with Crippen molar-refractivity contribution in [3.63, 3.8) is 0 Å². The van der Waals surface area contributed by atoms with Gasteiger partial charge in [-0.25, -0.2) is 8.78 Å². The molecule has 0 unspecified atom stereocenters. The summed E-state index contributed by atoms with van der Waals surface area (Å²) in [7, 11) is 0. The van der Waals surface area contributed by atoms with Crippen LogP contribution in [0.25, 0.3) is 0 Å². The minimum absolute atomic E-state index is 0.350. The van der Waals surface area contributed by atoms with Crippen molar-refractivity contribution in [2.75, 3.05) is 0 Å². The molecule has 0 aromatic heterocycles. The zero-order chi connectivity index (χ0) is 19.7. The largest absolute Gasteiger partial charge is 0.203 e. The minimum Gasteiger partial charge on any atom is -0.203 e. The van der Waals surface area contributed by atoms with Crippen LogP contribution in [0.3, 0.4) is 0 Å². The molecular formula is C24H40F2. The quantitative estimate of drug-likeness (QED) is 0.433. The molecule has 0 nitrogen and oxygen atoms in total. The van der Waals surface area contributed by atoms with Crippen molar-refractivity contribution in [2.24, 2.45) is 23.7 Å². The second-order valence-electron chi connectivity index (χ2n) is 9.06. The summed E-state index contributed by atoms with van der Waals surface area (Å²) < 4.78 is 25.2. The van der Waals surface area contributed by atoms with E-state index >= 15 is 0 Å². The molecule has 0 saturated heterocycles. The zero-order valence-electron chi connectivity index (χ0n) is 17.9. The fraction of sp³-hybridized carbons (Fsp3) is 0.750. The summed E-state index contributed by atoms with van der Waals surface area (Å²) in [4.78, 5) is 0. The highest BCUT2D eigenvalue weighted by atomic mass is 19.2. The third kappa shape index (κ3) is 8.64. The number of halogens is 2. The van der Waals surface area contributed by atoms with Gasteiger partial charge in [-0.05, 0) is 48.6 Å². The monoisotopic (exact) mass is 366 g/mol. The molecule has 3 rings (SSSR count). The first-order chi connectivity index (χ1) is 12.2. The molecule has 2 heteroatoms. The van der Waals surface area contributed by atoms with Crippen molar-refractivity contribution in [3.05, 3.63) is 34.9 Å². The molecule has 1 aromatic carbocycles. The Kier molecular flexibility index (Phi) is 10.4. The second kappa shape index (κ2) is 11.7. The lowest BCUT2D eigenvalue weighted by Gasteiger charge is -2.22. The lowest BCUT2D eigenvalue weighted by Crippen LogP contribution is -2.08. The molecule has 2 saturated carbocycles. The third-order valence-electron chi connectivity index (χ3n) is 6.08. The van der Waals surface area contributed by atoms with Gasteiger partial charge >= 0.3 is 0 Å². The molecule has 0 heterocycles. The predicted molar refractivity (Wildman–Crippen MR) is 109 cm³/mol. The van der Waals surface area contributed by atoms with Crippen LogP contribution in [0.2, 0.25) is 0 Å². The Bertz CT molecular complexity index is 440. The second-order valence-corrected chi connectivity index (χ2v) is 9.06. The molecule has 1 aromatic rings. The number of hydrogen-bond donors (Lipinski definition) is 0. The van der Waals surface area contributed by atoms with Crippen LogP contribution in [-0.2, 0) is 0 Å². The highest BCUT2D eigenvalue weighted by Crippen LogP contribution is 2.27. The van der Waals surface area contributed by atoms with Crippen molar-refractivity contribution < 1.29 is 8.78 Å². The van der Waals surface area contributed by atoms with Crippen LogP contribution < -0.4 is 0 Å². The van der Waals surface area contributed by atoms with Crippen molar-refractivity contribution in [3.8, 4) is 0 Å². The zero-order valence-corrected chi connectivity index (χ0v) is 17.9. The standard InChI is InChI=1S/C8H8F2.2C8H16/c1-5-3-4-6(2)8(10)7(5)9;2*1-7-3-5-8(2)6-4-7/h3-4H,1-2H3;2*7-8H,3-6H2,1-2H3. The van der Waals surface area contributed by atoms with Crippen molar-refractivity contribution in [1.82, 2.24) is 0 Å². The smallest absolute Gasteiger partial charge is 0.161 e. The van der Waals surface area contributed by atoms with Gasteiger partial charge in [0.25, 0.3) is 0 Å². The van der Waals surface area contributed by atoms with Crippen LogP contribution >= 0.6 is 0 Å². The fourth-order valence-electron chi connectivity index (χ4n) is 3.60. The Labute approximate surface area is 160 Å². The van der Waals surface area contributed by atoms with E-state index in [1.54, 1.807) is 12.1 Å². The van der Waals surface area contributed by atoms with Crippen LogP contribution in [0.5, 0.6) is 0 Å². The average Bonchev–Trinajstić information content (AvgIpc) is 2.63. The SMILES string of the molecule is CC1CCC(C)CC1.CC1CCC(C)CC1.Cc1ccc(C)c(F)c1F. The van der Waals surface area contributed by atoms with E-state index in [0.29, 0.717) is 11.1 Å². The summed E-state index contributed by atoms with van der Waals surface area (Å²) in [5.41, 5.74) is 0.700. The highest BCUT2D eigenvalue weighted by Gasteiger charge is 2.13. The molecule has 0 amide bonds. The Morgan fingerprint density at radius 2 is 0.731 bits per heavy atom. The van der Waals surface area contributed by atoms with Crippen LogP contribution in [0, 0.1) is 49.2 Å². The maximum absolute atomic E-state index is 12.6. The van der Waals surface area contributed by atoms with Crippen molar-refractivity contribution >= 4 is 0 Å². The highest BCUT2D eigenvalue weighted by molar-refractivity contribution is 5.23. The van der Waals surface area contributed by atoms with E-state index in [-0.39, 0.29) is 0 Å². The molecule has 2 fully saturated rings. The molecule has 0 spiro atoms. The van der Waals surface area contributed by atoms with E-state index in [0.717, 1.165) is 23.7 Å². The fourth-order valence-corrected chi connectivity index (χ4v) is 3.60. The van der Waals surface area contributed by atoms with Gasteiger partial charge < -0.3 is 0 Å². The first kappa shape index (κ1) is 23.1. The van der Waals surface area contributed by atoms with Gasteiger partial charge in [0.2, 0.25) is 0 Å². The summed E-state index contributed by atoms with van der Waals surface area (Å²) >= 11 is 0. The van der Waals surface area contributed by atoms with Crippen molar-refractivity contribution in [2.45, 2.75) is 92.9 Å². The van der Waals surface area contributed by atoms with Crippen LogP contribution in [0.4, 0.5) is 8.78 Å². The van der Waals surface area contributed by atoms with Crippen LogP contribution in [0.15, 0.2) is 12.1 Å². The van der Waals surface area contributed by atoms with Crippen molar-refractivity contribution in [1.29, 1.82) is 0 Å². The normalized spacial score (nSPS) is 28.3. The Morgan fingerprint density at radius 3 is 0.923 bits per heavy atom. The number of benzene rings is 1. The Balaban J connectivity index is 0.000000197. The van der Waals surface area contributed by atoms with Crippen LogP contribution in [-0.4, -0.2) is 0 Å². The molecular weight excluding hydrogens is 326 g/mol. The maximum atomic E-state index is 12.6. The van der Waals surface area contributed by atoms with Gasteiger partial charge in [0.1, 0.15) is 0 Å². The minimum atomic E-state index is -0.736. The first-order valence-corrected chi connectivity index (χ1v) is 10.6. The molecule has 2 aliphatic carbocycles. The summed E-state index contributed by atoms with van der Waals surface area (Å²) in [6.45, 7) is 12.5. The van der Waals surface area contributed by atoms with E-state index in [9.17, 15) is 8.78 Å². The topological polar surface area (TPSA) is 0 Å². The van der Waals surface area contributed by atoms with E-state index in [1.165, 1.54) is 65.2 Å². The number of rotatable bonds is 0. The van der Waals surface area contributed by atoms with E-state index in [2.05, 4.69) is 27.7 Å². The van der Waals surface area contributed by atoms with E-state index < -0.39 is 11.6 Å². The third-order valence-corrected chi connectivity index (χ3v) is 6.08. The van der Waals surface area contributed by atoms with Gasteiger partial charge in [0, 0.05) is 0 Å². The van der Waals surface area contributed by atoms with E-state index in [1.807, 2.05) is 0 Å². The predicted octanol–water partition coefficient (Wildman–Crippen LogP) is 8.25. The first-order valence-electron chi connectivity index (χ1n) is 10.6. The molecule has 0 atom stereocenters. The molecule has 0 aliphatic heterocycles. The van der Waals surface area contributed by atoms with Gasteiger partial charge in [-0.3, -0.25) is 0 Å². The van der Waals surface area contributed by atoms with Gasteiger partial charge in [-0.1, -0.05) is 91.2 Å². The number of aryl methyl sites for hydroxylation is 2. The van der Waals surface area contributed by atoms with Gasteiger partial charge in [-0.15, -0.1) is 0 Å². The summed E-state index contributed by atoms with van der Waals surface area (Å²) in [5.74, 6) is 2.61. The lowest BCUT2D eigenvalue weighted by molar-refractivity contribution is 0.308. The number of hydrogen-bond acceptors (Lipinski definition) is 0. The summed E-state index contributed by atoms with van der Waals surface area (Å²) in [6, 6.07) is 3.13. The molecule has 0 N–H and O–H groups in total. The molecule has 0 radical (unpaired) electrons. The van der Waals surface area contributed by atoms with Gasteiger partial charge in [-0.2, -0.15) is 0 Å². The van der Waals surface area contributed by atoms with Gasteiger partial charge in [0.15, 0.2) is 11.6 Å². The maximum Gasteiger partial charge on any atom is 0.161 e. The summed E-state index contributed by atoms with van der Waals surface area (Å²) in [6.07, 6.45) is 11.8. The Hall–Kier alpha value is -0.920. The molecule has 2 aliphatic rings. The summed E-state index contributed by atoms with van der Waals surface area (Å²) in [5, 5.41) is 0.